The first-order chi connectivity index (χ1) is 10.1. The fraction of sp³-hybridized carbons (Fsp3) is 0.333. The van der Waals surface area contributed by atoms with Crippen LogP contribution in [0.4, 0.5) is 0 Å². The average molecular weight is 286 g/mol. The Hall–Kier alpha value is -2.50. The van der Waals surface area contributed by atoms with E-state index in [-0.39, 0.29) is 11.6 Å². The molecule has 6 nitrogen and oxygen atoms in total. The van der Waals surface area contributed by atoms with Crippen molar-refractivity contribution in [1.29, 1.82) is 0 Å². The van der Waals surface area contributed by atoms with Crippen molar-refractivity contribution in [1.82, 2.24) is 20.3 Å². The van der Waals surface area contributed by atoms with Crippen molar-refractivity contribution < 1.29 is 4.79 Å². The molecule has 110 valence electrons. The third-order valence-electron chi connectivity index (χ3n) is 3.06. The summed E-state index contributed by atoms with van der Waals surface area (Å²) in [6, 6.07) is 3.55. The second kappa shape index (κ2) is 6.78. The molecule has 2 aromatic heterocycles. The Morgan fingerprint density at radius 1 is 1.33 bits per heavy atom. The largest absolute Gasteiger partial charge is 0.345 e. The van der Waals surface area contributed by atoms with Gasteiger partial charge in [0.05, 0.1) is 12.4 Å². The summed E-state index contributed by atoms with van der Waals surface area (Å²) in [5, 5.41) is 2.88. The summed E-state index contributed by atoms with van der Waals surface area (Å²) in [5.41, 5.74) is 0.479. The number of H-pyrrole nitrogens is 1. The fourth-order valence-corrected chi connectivity index (χ4v) is 2.07. The summed E-state index contributed by atoms with van der Waals surface area (Å²) in [6.45, 7) is 4.15. The Balaban J connectivity index is 2.21. The molecular weight excluding hydrogens is 268 g/mol. The van der Waals surface area contributed by atoms with E-state index < -0.39 is 11.5 Å². The van der Waals surface area contributed by atoms with E-state index in [1.54, 1.807) is 12.4 Å². The van der Waals surface area contributed by atoms with Gasteiger partial charge >= 0.3 is 0 Å². The molecule has 0 bridgehead atoms. The Morgan fingerprint density at radius 2 is 2.14 bits per heavy atom. The number of pyridine rings is 1. The lowest BCUT2D eigenvalue weighted by molar-refractivity contribution is 0.0930. The van der Waals surface area contributed by atoms with Crippen LogP contribution in [0.25, 0.3) is 0 Å². The number of carbonyl (C=O) groups excluding carboxylic acids is 1. The smallest absolute Gasteiger partial charge is 0.263 e. The number of aromatic amines is 1. The minimum absolute atomic E-state index is 0.00939. The van der Waals surface area contributed by atoms with Crippen LogP contribution in [0.2, 0.25) is 0 Å². The number of hydrogen-bond donors (Lipinski definition) is 2. The van der Waals surface area contributed by atoms with Gasteiger partial charge in [-0.1, -0.05) is 19.9 Å². The van der Waals surface area contributed by atoms with Gasteiger partial charge < -0.3 is 10.3 Å². The van der Waals surface area contributed by atoms with Gasteiger partial charge in [0.1, 0.15) is 5.56 Å². The van der Waals surface area contributed by atoms with Crippen molar-refractivity contribution in [2.75, 3.05) is 0 Å². The number of carbonyl (C=O) groups is 1. The van der Waals surface area contributed by atoms with Crippen molar-refractivity contribution in [3.8, 4) is 0 Å². The van der Waals surface area contributed by atoms with Crippen LogP contribution in [-0.4, -0.2) is 20.9 Å². The molecule has 2 N–H and O–H groups in total. The Bertz CT molecular complexity index is 652. The molecular formula is C15H18N4O2. The zero-order chi connectivity index (χ0) is 15.2. The van der Waals surface area contributed by atoms with Gasteiger partial charge in [-0.3, -0.25) is 14.6 Å². The van der Waals surface area contributed by atoms with E-state index in [2.05, 4.69) is 34.1 Å². The summed E-state index contributed by atoms with van der Waals surface area (Å²) in [6.07, 6.45) is 6.69. The first-order valence-electron chi connectivity index (χ1n) is 6.81. The number of rotatable bonds is 5. The molecule has 0 saturated carbocycles. The zero-order valence-corrected chi connectivity index (χ0v) is 12.0. The lowest BCUT2D eigenvalue weighted by Crippen LogP contribution is -2.33. The standard InChI is InChI=1S/C15H18N4O2/c1-10(2)6-13(11-4-3-5-16-7-11)19-15(21)12-8-17-9-18-14(12)20/h3-5,7-10,13H,6H2,1-2H3,(H,19,21)(H,17,18,20)/t13-/m1/s1. The quantitative estimate of drug-likeness (QED) is 0.875. The van der Waals surface area contributed by atoms with Gasteiger partial charge in [-0.2, -0.15) is 0 Å². The van der Waals surface area contributed by atoms with E-state index in [9.17, 15) is 9.59 Å². The molecule has 1 amide bonds. The second-order valence-electron chi connectivity index (χ2n) is 5.24. The zero-order valence-electron chi connectivity index (χ0n) is 12.0. The van der Waals surface area contributed by atoms with Crippen LogP contribution in [0, 0.1) is 5.92 Å². The topological polar surface area (TPSA) is 87.7 Å². The fourth-order valence-electron chi connectivity index (χ4n) is 2.07. The molecule has 0 aromatic carbocycles. The number of aromatic nitrogens is 3. The van der Waals surface area contributed by atoms with Crippen molar-refractivity contribution >= 4 is 5.91 Å². The Morgan fingerprint density at radius 3 is 2.76 bits per heavy atom. The Kier molecular flexibility index (Phi) is 4.81. The molecule has 1 atom stereocenters. The molecule has 6 heteroatoms. The number of hydrogen-bond acceptors (Lipinski definition) is 4. The monoisotopic (exact) mass is 286 g/mol. The lowest BCUT2D eigenvalue weighted by atomic mass is 9.98. The minimum atomic E-state index is -0.447. The summed E-state index contributed by atoms with van der Waals surface area (Å²) in [4.78, 5) is 34.1. The van der Waals surface area contributed by atoms with Gasteiger partial charge in [-0.15, -0.1) is 0 Å². The third kappa shape index (κ3) is 3.98. The van der Waals surface area contributed by atoms with Crippen LogP contribution in [0.15, 0.2) is 41.8 Å². The van der Waals surface area contributed by atoms with Gasteiger partial charge in [0, 0.05) is 18.6 Å². The van der Waals surface area contributed by atoms with Gasteiger partial charge in [-0.05, 0) is 24.0 Å². The highest BCUT2D eigenvalue weighted by Crippen LogP contribution is 2.20. The van der Waals surface area contributed by atoms with Crippen molar-refractivity contribution in [2.24, 2.45) is 5.92 Å². The SMILES string of the molecule is CC(C)C[C@@H](NC(=O)c1cnc[nH]c1=O)c1cccnc1. The van der Waals surface area contributed by atoms with Crippen LogP contribution in [0.3, 0.4) is 0 Å². The molecule has 0 radical (unpaired) electrons. The van der Waals surface area contributed by atoms with Crippen molar-refractivity contribution in [2.45, 2.75) is 26.3 Å². The molecule has 0 aliphatic heterocycles. The molecule has 0 unspecified atom stereocenters. The predicted octanol–water partition coefficient (Wildman–Crippen LogP) is 1.68. The van der Waals surface area contributed by atoms with Crippen LogP contribution < -0.4 is 10.9 Å². The number of nitrogens with zero attached hydrogens (tertiary/aromatic N) is 2. The van der Waals surface area contributed by atoms with Gasteiger partial charge in [-0.25, -0.2) is 4.98 Å². The number of nitrogens with one attached hydrogen (secondary N) is 2. The van der Waals surface area contributed by atoms with Gasteiger partial charge in [0.15, 0.2) is 0 Å². The highest BCUT2D eigenvalue weighted by molar-refractivity contribution is 5.93. The first kappa shape index (κ1) is 14.9. The molecule has 21 heavy (non-hydrogen) atoms. The van der Waals surface area contributed by atoms with E-state index >= 15 is 0 Å². The van der Waals surface area contributed by atoms with E-state index in [1.165, 1.54) is 12.5 Å². The van der Waals surface area contributed by atoms with E-state index in [4.69, 9.17) is 0 Å². The first-order valence-corrected chi connectivity index (χ1v) is 6.81. The molecule has 0 aliphatic carbocycles. The Labute approximate surface area is 122 Å². The van der Waals surface area contributed by atoms with Crippen molar-refractivity contribution in [3.63, 3.8) is 0 Å². The van der Waals surface area contributed by atoms with E-state index in [1.807, 2.05) is 12.1 Å². The number of amides is 1. The maximum atomic E-state index is 12.2. The maximum Gasteiger partial charge on any atom is 0.263 e. The normalized spacial score (nSPS) is 12.1. The molecule has 0 aliphatic rings. The van der Waals surface area contributed by atoms with Crippen LogP contribution >= 0.6 is 0 Å². The minimum Gasteiger partial charge on any atom is -0.345 e. The highest BCUT2D eigenvalue weighted by Gasteiger charge is 2.19. The average Bonchev–Trinajstić information content (AvgIpc) is 2.47. The highest BCUT2D eigenvalue weighted by atomic mass is 16.2. The van der Waals surface area contributed by atoms with Gasteiger partial charge in [0.25, 0.3) is 11.5 Å². The summed E-state index contributed by atoms with van der Waals surface area (Å²) in [7, 11) is 0. The van der Waals surface area contributed by atoms with Crippen LogP contribution in [-0.2, 0) is 0 Å². The molecule has 2 aromatic rings. The summed E-state index contributed by atoms with van der Waals surface area (Å²) < 4.78 is 0. The second-order valence-corrected chi connectivity index (χ2v) is 5.24. The summed E-state index contributed by atoms with van der Waals surface area (Å²) in [5.74, 6) is -0.0402. The molecule has 2 rings (SSSR count). The lowest BCUT2D eigenvalue weighted by Gasteiger charge is -2.20. The van der Waals surface area contributed by atoms with Crippen LogP contribution in [0.1, 0.15) is 42.2 Å². The van der Waals surface area contributed by atoms with Crippen LogP contribution in [0.5, 0.6) is 0 Å². The maximum absolute atomic E-state index is 12.2. The predicted molar refractivity (Wildman–Crippen MR) is 78.8 cm³/mol. The van der Waals surface area contributed by atoms with Gasteiger partial charge in [0.2, 0.25) is 0 Å². The summed E-state index contributed by atoms with van der Waals surface area (Å²) >= 11 is 0. The molecule has 2 heterocycles. The molecule has 0 saturated heterocycles. The van der Waals surface area contributed by atoms with E-state index in [0.717, 1.165) is 12.0 Å². The van der Waals surface area contributed by atoms with E-state index in [0.29, 0.717) is 5.92 Å². The molecule has 0 spiro atoms. The molecule has 0 fully saturated rings. The third-order valence-corrected chi connectivity index (χ3v) is 3.06. The van der Waals surface area contributed by atoms with Crippen molar-refractivity contribution in [3.05, 3.63) is 58.5 Å².